The number of nitrogens with zero attached hydrogens (tertiary/aromatic N) is 1. The SMILES string of the molecule is CCOC(=O)C1CCCN2CCCC[C@@H]12. The first-order valence-electron chi connectivity index (χ1n) is 6.23. The van der Waals surface area contributed by atoms with Gasteiger partial charge in [0.2, 0.25) is 0 Å². The van der Waals surface area contributed by atoms with E-state index in [9.17, 15) is 4.79 Å². The number of carbonyl (C=O) groups excluding carboxylic acids is 1. The molecular weight excluding hydrogens is 190 g/mol. The van der Waals surface area contributed by atoms with Crippen molar-refractivity contribution in [3.8, 4) is 0 Å². The summed E-state index contributed by atoms with van der Waals surface area (Å²) in [5.41, 5.74) is 0. The van der Waals surface area contributed by atoms with Crippen molar-refractivity contribution in [2.75, 3.05) is 19.7 Å². The lowest BCUT2D eigenvalue weighted by atomic mass is 9.83. The minimum Gasteiger partial charge on any atom is -0.466 e. The van der Waals surface area contributed by atoms with Gasteiger partial charge in [0.25, 0.3) is 0 Å². The second-order valence-electron chi connectivity index (χ2n) is 4.60. The lowest BCUT2D eigenvalue weighted by molar-refractivity contribution is -0.153. The quantitative estimate of drug-likeness (QED) is 0.652. The van der Waals surface area contributed by atoms with Gasteiger partial charge >= 0.3 is 5.97 Å². The maximum absolute atomic E-state index is 11.8. The molecular formula is C12H21NO2. The Morgan fingerprint density at radius 1 is 1.27 bits per heavy atom. The van der Waals surface area contributed by atoms with Gasteiger partial charge in [0.15, 0.2) is 0 Å². The molecule has 0 bridgehead atoms. The Morgan fingerprint density at radius 2 is 2.07 bits per heavy atom. The third-order valence-corrected chi connectivity index (χ3v) is 3.68. The van der Waals surface area contributed by atoms with Gasteiger partial charge in [0.05, 0.1) is 12.5 Å². The summed E-state index contributed by atoms with van der Waals surface area (Å²) in [5.74, 6) is 0.188. The van der Waals surface area contributed by atoms with Crippen molar-refractivity contribution in [2.45, 2.75) is 45.1 Å². The molecule has 2 rings (SSSR count). The molecule has 0 aromatic heterocycles. The molecule has 3 heteroatoms. The molecule has 0 N–H and O–H groups in total. The number of ether oxygens (including phenoxy) is 1. The predicted octanol–water partition coefficient (Wildman–Crippen LogP) is 1.81. The average Bonchev–Trinajstić information content (AvgIpc) is 2.28. The van der Waals surface area contributed by atoms with E-state index in [1.807, 2.05) is 6.92 Å². The second-order valence-corrected chi connectivity index (χ2v) is 4.60. The van der Waals surface area contributed by atoms with E-state index in [1.54, 1.807) is 0 Å². The Hall–Kier alpha value is -0.570. The number of carbonyl (C=O) groups is 1. The van der Waals surface area contributed by atoms with Gasteiger partial charge in [-0.15, -0.1) is 0 Å². The largest absolute Gasteiger partial charge is 0.466 e. The molecule has 2 saturated heterocycles. The highest BCUT2D eigenvalue weighted by Crippen LogP contribution is 2.31. The third kappa shape index (κ3) is 2.33. The molecule has 2 atom stereocenters. The maximum atomic E-state index is 11.8. The van der Waals surface area contributed by atoms with Crippen LogP contribution in [-0.4, -0.2) is 36.6 Å². The minimum absolute atomic E-state index is 0.0362. The van der Waals surface area contributed by atoms with Crippen LogP contribution >= 0.6 is 0 Å². The molecule has 0 saturated carbocycles. The third-order valence-electron chi connectivity index (χ3n) is 3.68. The van der Waals surface area contributed by atoms with Gasteiger partial charge in [0.1, 0.15) is 0 Å². The van der Waals surface area contributed by atoms with E-state index >= 15 is 0 Å². The summed E-state index contributed by atoms with van der Waals surface area (Å²) in [4.78, 5) is 14.3. The first kappa shape index (κ1) is 10.9. The van der Waals surface area contributed by atoms with E-state index in [0.717, 1.165) is 12.8 Å². The second kappa shape index (κ2) is 4.97. The Balaban J connectivity index is 2.00. The standard InChI is InChI=1S/C12H21NO2/c1-2-15-12(14)10-6-5-9-13-8-4-3-7-11(10)13/h10-11H,2-9H2,1H3/t10?,11-/m0/s1. The Bertz CT molecular complexity index is 228. The minimum atomic E-state index is 0.0362. The van der Waals surface area contributed by atoms with E-state index in [0.29, 0.717) is 12.6 Å². The topological polar surface area (TPSA) is 29.5 Å². The molecule has 2 aliphatic rings. The molecule has 0 spiro atoms. The number of piperidine rings is 2. The molecule has 1 unspecified atom stereocenters. The van der Waals surface area contributed by atoms with E-state index in [-0.39, 0.29) is 11.9 Å². The summed E-state index contributed by atoms with van der Waals surface area (Å²) >= 11 is 0. The van der Waals surface area contributed by atoms with Crippen LogP contribution in [0.2, 0.25) is 0 Å². The van der Waals surface area contributed by atoms with Crippen LogP contribution in [0.25, 0.3) is 0 Å². The fourth-order valence-electron chi connectivity index (χ4n) is 2.98. The summed E-state index contributed by atoms with van der Waals surface area (Å²) < 4.78 is 5.16. The summed E-state index contributed by atoms with van der Waals surface area (Å²) in [6.45, 7) is 4.77. The van der Waals surface area contributed by atoms with Gasteiger partial charge in [-0.3, -0.25) is 9.69 Å². The van der Waals surface area contributed by atoms with Crippen molar-refractivity contribution in [1.29, 1.82) is 0 Å². The molecule has 0 aliphatic carbocycles. The molecule has 0 amide bonds. The van der Waals surface area contributed by atoms with E-state index in [1.165, 1.54) is 32.4 Å². The van der Waals surface area contributed by atoms with Gasteiger partial charge in [-0.05, 0) is 45.7 Å². The van der Waals surface area contributed by atoms with Crippen LogP contribution in [0.5, 0.6) is 0 Å². The van der Waals surface area contributed by atoms with Crippen LogP contribution in [0.15, 0.2) is 0 Å². The zero-order valence-corrected chi connectivity index (χ0v) is 9.58. The fourth-order valence-corrected chi connectivity index (χ4v) is 2.98. The number of esters is 1. The lowest BCUT2D eigenvalue weighted by Gasteiger charge is -2.43. The predicted molar refractivity (Wildman–Crippen MR) is 58.6 cm³/mol. The molecule has 3 nitrogen and oxygen atoms in total. The Labute approximate surface area is 91.8 Å². The smallest absolute Gasteiger partial charge is 0.310 e. The number of hydrogen-bond donors (Lipinski definition) is 0. The zero-order chi connectivity index (χ0) is 10.7. The van der Waals surface area contributed by atoms with Crippen molar-refractivity contribution in [3.63, 3.8) is 0 Å². The number of hydrogen-bond acceptors (Lipinski definition) is 3. The van der Waals surface area contributed by atoms with E-state index in [2.05, 4.69) is 4.90 Å². The number of fused-ring (bicyclic) bond motifs is 1. The van der Waals surface area contributed by atoms with Crippen molar-refractivity contribution in [3.05, 3.63) is 0 Å². The van der Waals surface area contributed by atoms with Gasteiger partial charge in [0, 0.05) is 6.04 Å². The van der Waals surface area contributed by atoms with Crippen molar-refractivity contribution < 1.29 is 9.53 Å². The van der Waals surface area contributed by atoms with Crippen LogP contribution < -0.4 is 0 Å². The van der Waals surface area contributed by atoms with Crippen LogP contribution in [0, 0.1) is 5.92 Å². The van der Waals surface area contributed by atoms with Crippen molar-refractivity contribution >= 4 is 5.97 Å². The van der Waals surface area contributed by atoms with Crippen LogP contribution in [0.1, 0.15) is 39.0 Å². The fraction of sp³-hybridized carbons (Fsp3) is 0.917. The first-order chi connectivity index (χ1) is 7.33. The van der Waals surface area contributed by atoms with Crippen molar-refractivity contribution in [2.24, 2.45) is 5.92 Å². The summed E-state index contributed by atoms with van der Waals surface area (Å²) in [6.07, 6.45) is 5.94. The van der Waals surface area contributed by atoms with E-state index < -0.39 is 0 Å². The highest BCUT2D eigenvalue weighted by molar-refractivity contribution is 5.73. The Morgan fingerprint density at radius 3 is 2.87 bits per heavy atom. The van der Waals surface area contributed by atoms with Gasteiger partial charge in [-0.2, -0.15) is 0 Å². The van der Waals surface area contributed by atoms with Crippen molar-refractivity contribution in [1.82, 2.24) is 4.90 Å². The molecule has 2 heterocycles. The number of rotatable bonds is 2. The summed E-state index contributed by atoms with van der Waals surface area (Å²) in [5, 5.41) is 0. The van der Waals surface area contributed by atoms with Crippen LogP contribution in [0.3, 0.4) is 0 Å². The van der Waals surface area contributed by atoms with Crippen LogP contribution in [-0.2, 0) is 9.53 Å². The van der Waals surface area contributed by atoms with E-state index in [4.69, 9.17) is 4.74 Å². The van der Waals surface area contributed by atoms with Crippen LogP contribution in [0.4, 0.5) is 0 Å². The zero-order valence-electron chi connectivity index (χ0n) is 9.58. The monoisotopic (exact) mass is 211 g/mol. The molecule has 86 valence electrons. The maximum Gasteiger partial charge on any atom is 0.310 e. The first-order valence-corrected chi connectivity index (χ1v) is 6.23. The molecule has 15 heavy (non-hydrogen) atoms. The van der Waals surface area contributed by atoms with Gasteiger partial charge < -0.3 is 4.74 Å². The van der Waals surface area contributed by atoms with Gasteiger partial charge in [-0.1, -0.05) is 6.42 Å². The molecule has 0 aromatic rings. The highest BCUT2D eigenvalue weighted by Gasteiger charge is 2.37. The normalized spacial score (nSPS) is 32.1. The summed E-state index contributed by atoms with van der Waals surface area (Å²) in [7, 11) is 0. The van der Waals surface area contributed by atoms with Gasteiger partial charge in [-0.25, -0.2) is 0 Å². The molecule has 2 aliphatic heterocycles. The molecule has 0 radical (unpaired) electrons. The molecule has 0 aromatic carbocycles. The molecule has 2 fully saturated rings. The highest BCUT2D eigenvalue weighted by atomic mass is 16.5. The Kier molecular flexibility index (Phi) is 3.62. The lowest BCUT2D eigenvalue weighted by Crippen LogP contribution is -2.50. The summed E-state index contributed by atoms with van der Waals surface area (Å²) in [6, 6.07) is 0.478. The average molecular weight is 211 g/mol.